The maximum atomic E-state index is 12.7. The summed E-state index contributed by atoms with van der Waals surface area (Å²) in [6, 6.07) is 9.87. The molecule has 1 aliphatic carbocycles. The first kappa shape index (κ1) is 19.6. The number of benzene rings is 1. The number of aryl methyl sites for hydroxylation is 1. The average molecular weight is 396 g/mol. The van der Waals surface area contributed by atoms with Gasteiger partial charge in [0.1, 0.15) is 0 Å². The molecule has 29 heavy (non-hydrogen) atoms. The molecule has 0 saturated heterocycles. The molecule has 7 heteroatoms. The second kappa shape index (κ2) is 9.20. The number of nitrogens with one attached hydrogen (secondary N) is 1. The van der Waals surface area contributed by atoms with Gasteiger partial charge >= 0.3 is 0 Å². The molecular weight excluding hydrogens is 366 g/mol. The highest BCUT2D eigenvalue weighted by Gasteiger charge is 2.27. The van der Waals surface area contributed by atoms with Crippen molar-refractivity contribution in [2.45, 2.75) is 64.6 Å². The maximum Gasteiger partial charge on any atom is 0.223 e. The highest BCUT2D eigenvalue weighted by molar-refractivity contribution is 5.77. The van der Waals surface area contributed by atoms with Gasteiger partial charge in [-0.05, 0) is 24.3 Å². The Balaban J connectivity index is 1.28. The van der Waals surface area contributed by atoms with E-state index in [9.17, 15) is 9.59 Å². The lowest BCUT2D eigenvalue weighted by atomic mass is 10.0. The SMILES string of the molecule is O=C(CCc1nnn2c1CN(C(=O)CC1CCCC1)CC2)NCc1ccccc1. The van der Waals surface area contributed by atoms with Crippen LogP contribution in [0.4, 0.5) is 0 Å². The van der Waals surface area contributed by atoms with E-state index >= 15 is 0 Å². The van der Waals surface area contributed by atoms with Crippen molar-refractivity contribution in [2.24, 2.45) is 5.92 Å². The van der Waals surface area contributed by atoms with Crippen molar-refractivity contribution < 1.29 is 9.59 Å². The van der Waals surface area contributed by atoms with Crippen molar-refractivity contribution in [1.29, 1.82) is 0 Å². The fourth-order valence-corrected chi connectivity index (χ4v) is 4.31. The zero-order chi connectivity index (χ0) is 20.1. The third-order valence-corrected chi connectivity index (χ3v) is 6.05. The lowest BCUT2D eigenvalue weighted by Gasteiger charge is -2.28. The molecule has 4 rings (SSSR count). The zero-order valence-corrected chi connectivity index (χ0v) is 16.8. The number of carbonyl (C=O) groups excluding carboxylic acids is 2. The van der Waals surface area contributed by atoms with Gasteiger partial charge in [-0.15, -0.1) is 5.10 Å². The Bertz CT molecular complexity index is 842. The zero-order valence-electron chi connectivity index (χ0n) is 16.8. The van der Waals surface area contributed by atoms with Gasteiger partial charge in [0.2, 0.25) is 11.8 Å². The smallest absolute Gasteiger partial charge is 0.223 e. The Labute approximate surface area is 171 Å². The normalized spacial score (nSPS) is 16.6. The highest BCUT2D eigenvalue weighted by Crippen LogP contribution is 2.28. The third-order valence-electron chi connectivity index (χ3n) is 6.05. The minimum atomic E-state index is 0.000536. The van der Waals surface area contributed by atoms with Gasteiger partial charge in [-0.1, -0.05) is 48.4 Å². The molecule has 2 heterocycles. The Kier molecular flexibility index (Phi) is 6.22. The number of aromatic nitrogens is 3. The first-order chi connectivity index (χ1) is 14.2. The van der Waals surface area contributed by atoms with Gasteiger partial charge in [-0.2, -0.15) is 0 Å². The van der Waals surface area contributed by atoms with E-state index in [2.05, 4.69) is 15.6 Å². The van der Waals surface area contributed by atoms with Crippen molar-refractivity contribution in [2.75, 3.05) is 6.54 Å². The maximum absolute atomic E-state index is 12.7. The van der Waals surface area contributed by atoms with Crippen molar-refractivity contribution in [3.8, 4) is 0 Å². The molecule has 1 aromatic heterocycles. The fourth-order valence-electron chi connectivity index (χ4n) is 4.31. The molecule has 1 saturated carbocycles. The van der Waals surface area contributed by atoms with E-state index in [0.717, 1.165) is 17.0 Å². The summed E-state index contributed by atoms with van der Waals surface area (Å²) in [7, 11) is 0. The van der Waals surface area contributed by atoms with Crippen LogP contribution in [0.3, 0.4) is 0 Å². The molecule has 1 aromatic carbocycles. The summed E-state index contributed by atoms with van der Waals surface area (Å²) in [6.07, 6.45) is 6.45. The minimum Gasteiger partial charge on any atom is -0.352 e. The lowest BCUT2D eigenvalue weighted by Crippen LogP contribution is -2.39. The van der Waals surface area contributed by atoms with Crippen molar-refractivity contribution in [1.82, 2.24) is 25.2 Å². The topological polar surface area (TPSA) is 80.1 Å². The molecule has 0 unspecified atom stereocenters. The summed E-state index contributed by atoms with van der Waals surface area (Å²) < 4.78 is 1.89. The van der Waals surface area contributed by atoms with Gasteiger partial charge in [-0.25, -0.2) is 4.68 Å². The van der Waals surface area contributed by atoms with E-state index in [1.165, 1.54) is 25.7 Å². The van der Waals surface area contributed by atoms with Crippen molar-refractivity contribution in [3.63, 3.8) is 0 Å². The number of carbonyl (C=O) groups is 2. The van der Waals surface area contributed by atoms with Crippen LogP contribution >= 0.6 is 0 Å². The number of hydrogen-bond donors (Lipinski definition) is 1. The van der Waals surface area contributed by atoms with Gasteiger partial charge in [0.25, 0.3) is 0 Å². The molecule has 0 atom stereocenters. The van der Waals surface area contributed by atoms with E-state index in [-0.39, 0.29) is 11.8 Å². The van der Waals surface area contributed by atoms with Gasteiger partial charge < -0.3 is 10.2 Å². The molecule has 1 aliphatic heterocycles. The molecule has 2 aliphatic rings. The Morgan fingerprint density at radius 1 is 1.10 bits per heavy atom. The van der Waals surface area contributed by atoms with Crippen LogP contribution in [-0.2, 0) is 35.6 Å². The van der Waals surface area contributed by atoms with Crippen LogP contribution in [0.25, 0.3) is 0 Å². The summed E-state index contributed by atoms with van der Waals surface area (Å²) in [5, 5.41) is 11.5. The molecule has 2 aromatic rings. The molecular formula is C22H29N5O2. The second-order valence-electron chi connectivity index (χ2n) is 8.14. The second-order valence-corrected chi connectivity index (χ2v) is 8.14. The molecule has 1 fully saturated rings. The molecule has 154 valence electrons. The standard InChI is InChI=1S/C22H29N5O2/c28-21(23-15-18-8-2-1-3-9-18)11-10-19-20-16-26(12-13-27(20)25-24-19)22(29)14-17-6-4-5-7-17/h1-3,8-9,17H,4-7,10-16H2,(H,23,28). The summed E-state index contributed by atoms with van der Waals surface area (Å²) >= 11 is 0. The van der Waals surface area contributed by atoms with E-state index in [0.29, 0.717) is 51.4 Å². The number of rotatable bonds is 7. The molecule has 7 nitrogen and oxygen atoms in total. The Hall–Kier alpha value is -2.70. The largest absolute Gasteiger partial charge is 0.352 e. The Morgan fingerprint density at radius 3 is 2.69 bits per heavy atom. The Morgan fingerprint density at radius 2 is 1.90 bits per heavy atom. The molecule has 0 radical (unpaired) electrons. The first-order valence-electron chi connectivity index (χ1n) is 10.7. The molecule has 1 N–H and O–H groups in total. The average Bonchev–Trinajstić information content (AvgIpc) is 3.40. The van der Waals surface area contributed by atoms with Gasteiger partial charge in [0.05, 0.1) is 24.5 Å². The summed E-state index contributed by atoms with van der Waals surface area (Å²) in [5.41, 5.74) is 2.89. The van der Waals surface area contributed by atoms with E-state index in [1.807, 2.05) is 39.9 Å². The van der Waals surface area contributed by atoms with Crippen LogP contribution in [0, 0.1) is 5.92 Å². The number of nitrogens with zero attached hydrogens (tertiary/aromatic N) is 4. The van der Waals surface area contributed by atoms with Crippen LogP contribution in [-0.4, -0.2) is 38.3 Å². The number of hydrogen-bond acceptors (Lipinski definition) is 4. The van der Waals surface area contributed by atoms with Gasteiger partial charge in [0, 0.05) is 32.4 Å². The lowest BCUT2D eigenvalue weighted by molar-refractivity contribution is -0.133. The fraction of sp³-hybridized carbons (Fsp3) is 0.545. The molecule has 0 spiro atoms. The summed E-state index contributed by atoms with van der Waals surface area (Å²) in [6.45, 7) is 2.46. The van der Waals surface area contributed by atoms with Crippen LogP contribution in [0.1, 0.15) is 55.5 Å². The summed E-state index contributed by atoms with van der Waals surface area (Å²) in [5.74, 6) is 0.803. The van der Waals surface area contributed by atoms with Gasteiger partial charge in [-0.3, -0.25) is 9.59 Å². The predicted octanol–water partition coefficient (Wildman–Crippen LogP) is 2.45. The molecule has 0 bridgehead atoms. The number of amides is 2. The van der Waals surface area contributed by atoms with Crippen LogP contribution in [0.5, 0.6) is 0 Å². The quantitative estimate of drug-likeness (QED) is 0.781. The summed E-state index contributed by atoms with van der Waals surface area (Å²) in [4.78, 5) is 26.9. The van der Waals surface area contributed by atoms with Gasteiger partial charge in [0.15, 0.2) is 0 Å². The van der Waals surface area contributed by atoms with Crippen LogP contribution in [0.2, 0.25) is 0 Å². The van der Waals surface area contributed by atoms with E-state index < -0.39 is 0 Å². The van der Waals surface area contributed by atoms with Crippen molar-refractivity contribution >= 4 is 11.8 Å². The van der Waals surface area contributed by atoms with E-state index in [4.69, 9.17) is 0 Å². The number of fused-ring (bicyclic) bond motifs is 1. The third kappa shape index (κ3) is 5.02. The monoisotopic (exact) mass is 395 g/mol. The van der Waals surface area contributed by atoms with Crippen LogP contribution in [0.15, 0.2) is 30.3 Å². The molecule has 2 amide bonds. The van der Waals surface area contributed by atoms with Crippen LogP contribution < -0.4 is 5.32 Å². The minimum absolute atomic E-state index is 0.000536. The van der Waals surface area contributed by atoms with E-state index in [1.54, 1.807) is 0 Å². The highest BCUT2D eigenvalue weighted by atomic mass is 16.2. The predicted molar refractivity (Wildman–Crippen MR) is 109 cm³/mol. The first-order valence-corrected chi connectivity index (χ1v) is 10.7. The van der Waals surface area contributed by atoms with Crippen molar-refractivity contribution in [3.05, 3.63) is 47.3 Å².